The fourth-order valence-corrected chi connectivity index (χ4v) is 6.20. The van der Waals surface area contributed by atoms with Crippen molar-refractivity contribution in [3.63, 3.8) is 0 Å². The zero-order valence-corrected chi connectivity index (χ0v) is 24.0. The molecule has 2 N–H and O–H groups in total. The van der Waals surface area contributed by atoms with E-state index in [-0.39, 0.29) is 34.4 Å². The number of ether oxygens (including phenoxy) is 1. The summed E-state index contributed by atoms with van der Waals surface area (Å²) in [6.45, 7) is 5.01. The molecule has 12 heteroatoms. The van der Waals surface area contributed by atoms with E-state index in [2.05, 4.69) is 22.4 Å². The molecule has 0 unspecified atom stereocenters. The molecule has 4 rings (SSSR count). The summed E-state index contributed by atoms with van der Waals surface area (Å²) in [7, 11) is 3.40. The van der Waals surface area contributed by atoms with Gasteiger partial charge in [-0.05, 0) is 57.7 Å². The van der Waals surface area contributed by atoms with Gasteiger partial charge in [0, 0.05) is 38.9 Å². The third kappa shape index (κ3) is 5.93. The highest BCUT2D eigenvalue weighted by atomic mass is 32.1. The van der Waals surface area contributed by atoms with Gasteiger partial charge in [-0.25, -0.2) is 8.78 Å². The second-order valence-electron chi connectivity index (χ2n) is 9.99. The molecule has 1 aliphatic carbocycles. The molecule has 3 aromatic rings. The first-order valence-electron chi connectivity index (χ1n) is 13.5. The van der Waals surface area contributed by atoms with E-state index in [1.54, 1.807) is 11.9 Å². The number of nitrogens with one attached hydrogen (secondary N) is 1. The van der Waals surface area contributed by atoms with Crippen molar-refractivity contribution in [2.24, 2.45) is 7.05 Å². The highest BCUT2D eigenvalue weighted by molar-refractivity contribution is 7.14. The van der Waals surface area contributed by atoms with Crippen LogP contribution in [0.3, 0.4) is 0 Å². The predicted molar refractivity (Wildman–Crippen MR) is 148 cm³/mol. The smallest absolute Gasteiger partial charge is 0.275 e. The number of aryl methyl sites for hydroxylation is 1. The van der Waals surface area contributed by atoms with Crippen molar-refractivity contribution in [1.82, 2.24) is 25.0 Å². The Balaban J connectivity index is 1.59. The first-order valence-corrected chi connectivity index (χ1v) is 14.3. The zero-order valence-electron chi connectivity index (χ0n) is 23.2. The fraction of sp³-hybridized carbons (Fsp3) is 0.500. The van der Waals surface area contributed by atoms with Crippen molar-refractivity contribution >= 4 is 17.2 Å². The number of hydrogen-bond acceptors (Lipinski definition) is 8. The van der Waals surface area contributed by atoms with Gasteiger partial charge >= 0.3 is 0 Å². The third-order valence-corrected chi connectivity index (χ3v) is 8.43. The molecule has 0 saturated heterocycles. The van der Waals surface area contributed by atoms with Crippen LogP contribution in [0.5, 0.6) is 5.75 Å². The van der Waals surface area contributed by atoms with Crippen molar-refractivity contribution in [3.8, 4) is 16.3 Å². The van der Waals surface area contributed by atoms with Crippen molar-refractivity contribution in [2.75, 3.05) is 20.2 Å². The second-order valence-corrected chi connectivity index (χ2v) is 11.1. The van der Waals surface area contributed by atoms with E-state index in [0.29, 0.717) is 31.0 Å². The monoisotopic (exact) mass is 575 g/mol. The molecule has 9 nitrogen and oxygen atoms in total. The van der Waals surface area contributed by atoms with Crippen molar-refractivity contribution in [2.45, 2.75) is 64.1 Å². The zero-order chi connectivity index (χ0) is 29.0. The van der Waals surface area contributed by atoms with Gasteiger partial charge in [-0.15, -0.1) is 10.2 Å². The van der Waals surface area contributed by atoms with Gasteiger partial charge in [0.1, 0.15) is 16.6 Å². The highest BCUT2D eigenvalue weighted by Gasteiger charge is 2.42. The summed E-state index contributed by atoms with van der Waals surface area (Å²) < 4.78 is 34.7. The first-order chi connectivity index (χ1) is 19.1. The van der Waals surface area contributed by atoms with Crippen LogP contribution in [-0.4, -0.2) is 62.6 Å². The Morgan fingerprint density at radius 3 is 2.62 bits per heavy atom. The number of hydrogen-bond donors (Lipinski definition) is 2. The van der Waals surface area contributed by atoms with Crippen LogP contribution in [0.4, 0.5) is 8.78 Å². The molecule has 0 atom stereocenters. The average Bonchev–Trinajstić information content (AvgIpc) is 3.40. The van der Waals surface area contributed by atoms with Gasteiger partial charge in [0.15, 0.2) is 16.5 Å². The van der Waals surface area contributed by atoms with Gasteiger partial charge in [0.2, 0.25) is 5.43 Å². The Morgan fingerprint density at radius 2 is 2.00 bits per heavy atom. The van der Waals surface area contributed by atoms with E-state index < -0.39 is 34.4 Å². The minimum atomic E-state index is -0.747. The number of nitrogens with zero attached hydrogens (tertiary/aromatic N) is 4. The van der Waals surface area contributed by atoms with Gasteiger partial charge in [0.25, 0.3) is 5.91 Å². The van der Waals surface area contributed by atoms with E-state index in [9.17, 15) is 23.5 Å². The average molecular weight is 576 g/mol. The molecule has 1 aromatic carbocycles. The normalized spacial score (nSPS) is 19.1. The molecule has 0 aliphatic heterocycles. The number of halogens is 2. The molecule has 1 saturated carbocycles. The maximum absolute atomic E-state index is 14.1. The van der Waals surface area contributed by atoms with Gasteiger partial charge in [-0.2, -0.15) is 0 Å². The minimum absolute atomic E-state index is 0.0640. The number of amides is 1. The molecule has 2 aromatic heterocycles. The second kappa shape index (κ2) is 12.5. The van der Waals surface area contributed by atoms with Crippen LogP contribution in [0.15, 0.2) is 29.2 Å². The Bertz CT molecular complexity index is 1420. The number of benzene rings is 1. The summed E-state index contributed by atoms with van der Waals surface area (Å²) >= 11 is 1.06. The molecule has 1 amide bonds. The van der Waals surface area contributed by atoms with Crippen LogP contribution in [0.2, 0.25) is 0 Å². The molecule has 0 radical (unpaired) electrons. The van der Waals surface area contributed by atoms with Gasteiger partial charge in [0.05, 0.1) is 17.3 Å². The van der Waals surface area contributed by atoms with Crippen LogP contribution < -0.4 is 10.7 Å². The molecule has 1 fully saturated rings. The molecule has 1 aliphatic rings. The van der Waals surface area contributed by atoms with Crippen LogP contribution in [0.25, 0.3) is 10.6 Å². The Labute approximate surface area is 235 Å². The van der Waals surface area contributed by atoms with Gasteiger partial charge < -0.3 is 19.3 Å². The van der Waals surface area contributed by atoms with Crippen molar-refractivity contribution < 1.29 is 23.4 Å². The van der Waals surface area contributed by atoms with E-state index in [1.165, 1.54) is 16.8 Å². The van der Waals surface area contributed by atoms with Gasteiger partial charge in [-0.3, -0.25) is 14.9 Å². The topological polar surface area (TPSA) is 110 Å². The van der Waals surface area contributed by atoms with Crippen molar-refractivity contribution in [1.29, 1.82) is 0 Å². The number of aromatic nitrogens is 3. The quantitative estimate of drug-likeness (QED) is 0.348. The molecule has 40 heavy (non-hydrogen) atoms. The predicted octanol–water partition coefficient (Wildman–Crippen LogP) is 4.23. The Kier molecular flexibility index (Phi) is 9.32. The summed E-state index contributed by atoms with van der Waals surface area (Å²) in [5, 5.41) is 23.0. The molecule has 0 bridgehead atoms. The number of rotatable bonds is 10. The SMILES string of the molecule is CCCOC1CCC(NC)(N(CC)C(=O)c2c(O)c(=O)c(-c3nnc(Cc4ccc(F)cc4F)s3)cn2C)CC1. The molecular formula is C28H35F2N5O4S. The summed E-state index contributed by atoms with van der Waals surface area (Å²) in [6.07, 6.45) is 5.53. The van der Waals surface area contributed by atoms with Crippen LogP contribution in [-0.2, 0) is 18.2 Å². The van der Waals surface area contributed by atoms with Gasteiger partial charge in [-0.1, -0.05) is 24.3 Å². The number of carbonyl (C=O) groups is 1. The van der Waals surface area contributed by atoms with Crippen molar-refractivity contribution in [3.05, 3.63) is 62.5 Å². The standard InChI is InChI=1S/C28H35F2N5O4S/c1-5-13-39-19-9-11-28(31-3,12-10-19)35(6-2)27(38)23-25(37)24(36)20(16-34(23)4)26-33-32-22(40-26)14-17-7-8-18(29)15-21(17)30/h7-8,15-16,19,31,37H,5-6,9-14H2,1-4H3. The van der Waals surface area contributed by atoms with E-state index in [0.717, 1.165) is 42.7 Å². The highest BCUT2D eigenvalue weighted by Crippen LogP contribution is 2.35. The lowest BCUT2D eigenvalue weighted by Crippen LogP contribution is -2.62. The summed E-state index contributed by atoms with van der Waals surface area (Å²) in [4.78, 5) is 28.8. The first kappa shape index (κ1) is 29.8. The van der Waals surface area contributed by atoms with Crippen LogP contribution in [0, 0.1) is 11.6 Å². The largest absolute Gasteiger partial charge is 0.503 e. The molecular weight excluding hydrogens is 540 g/mol. The lowest BCUT2D eigenvalue weighted by Gasteiger charge is -2.47. The van der Waals surface area contributed by atoms with E-state index in [4.69, 9.17) is 4.74 Å². The van der Waals surface area contributed by atoms with Crippen LogP contribution >= 0.6 is 11.3 Å². The molecule has 2 heterocycles. The van der Waals surface area contributed by atoms with E-state index >= 15 is 0 Å². The number of aromatic hydroxyl groups is 1. The lowest BCUT2D eigenvalue weighted by molar-refractivity contribution is -0.0312. The Hall–Kier alpha value is -3.22. The maximum atomic E-state index is 14.1. The summed E-state index contributed by atoms with van der Waals surface area (Å²) in [5.74, 6) is -2.51. The maximum Gasteiger partial charge on any atom is 0.275 e. The Morgan fingerprint density at radius 1 is 1.27 bits per heavy atom. The summed E-state index contributed by atoms with van der Waals surface area (Å²) in [6, 6.07) is 3.29. The molecule has 0 spiro atoms. The lowest BCUT2D eigenvalue weighted by atomic mass is 9.85. The number of carbonyl (C=O) groups excluding carboxylic acids is 1. The third-order valence-electron chi connectivity index (χ3n) is 7.48. The number of pyridine rings is 1. The van der Waals surface area contributed by atoms with E-state index in [1.807, 2.05) is 14.0 Å². The van der Waals surface area contributed by atoms with Crippen LogP contribution in [0.1, 0.15) is 67.0 Å². The molecule has 216 valence electrons. The fourth-order valence-electron chi connectivity index (χ4n) is 5.33. The summed E-state index contributed by atoms with van der Waals surface area (Å²) in [5.41, 5.74) is -1.19. The minimum Gasteiger partial charge on any atom is -0.503 e.